The number of nitrogens with one attached hydrogen (secondary N) is 1. The summed E-state index contributed by atoms with van der Waals surface area (Å²) in [6.07, 6.45) is 12.1. The normalized spacial score (nSPS) is 11.5. The molecule has 0 spiro atoms. The van der Waals surface area contributed by atoms with E-state index in [1.165, 1.54) is 49.5 Å². The zero-order valence-corrected chi connectivity index (χ0v) is 17.9. The molecule has 0 aliphatic rings. The SMILES string of the molecule is CCCCCCCCCn1c(SCCCCC)nc2c1c(=O)[nH]c(=O)n2C. The minimum absolute atomic E-state index is 0.330. The van der Waals surface area contributed by atoms with E-state index in [4.69, 9.17) is 0 Å². The molecule has 7 heteroatoms. The van der Waals surface area contributed by atoms with Crippen LogP contribution in [0.5, 0.6) is 0 Å². The fourth-order valence-electron chi connectivity index (χ4n) is 3.27. The molecule has 2 aromatic heterocycles. The average molecular weight is 395 g/mol. The van der Waals surface area contributed by atoms with Gasteiger partial charge in [-0.05, 0) is 12.8 Å². The molecule has 0 amide bonds. The quantitative estimate of drug-likeness (QED) is 0.402. The standard InChI is InChI=1S/C20H34N4O2S/c1-4-6-8-9-10-11-12-14-24-16-17(23(3)19(26)22-18(16)25)21-20(24)27-15-13-7-5-2/h4-15H2,1-3H3,(H,22,25,26). The highest BCUT2D eigenvalue weighted by molar-refractivity contribution is 7.99. The largest absolute Gasteiger partial charge is 0.329 e. The first-order chi connectivity index (χ1) is 13.1. The Hall–Kier alpha value is -1.50. The Kier molecular flexibility index (Phi) is 9.18. The number of imidazole rings is 1. The molecular weight excluding hydrogens is 360 g/mol. The number of unbranched alkanes of at least 4 members (excludes halogenated alkanes) is 8. The van der Waals surface area contributed by atoms with E-state index in [1.807, 2.05) is 4.57 Å². The fourth-order valence-corrected chi connectivity index (χ4v) is 4.30. The molecule has 0 aliphatic carbocycles. The second-order valence-electron chi connectivity index (χ2n) is 7.21. The van der Waals surface area contributed by atoms with Gasteiger partial charge in [0, 0.05) is 19.3 Å². The van der Waals surface area contributed by atoms with Gasteiger partial charge in [0.1, 0.15) is 0 Å². The third-order valence-electron chi connectivity index (χ3n) is 4.94. The lowest BCUT2D eigenvalue weighted by atomic mass is 10.1. The maximum atomic E-state index is 12.4. The molecule has 0 atom stereocenters. The van der Waals surface area contributed by atoms with Crippen molar-refractivity contribution in [1.29, 1.82) is 0 Å². The van der Waals surface area contributed by atoms with Crippen molar-refractivity contribution in [2.45, 2.75) is 89.8 Å². The predicted octanol–water partition coefficient (Wildman–Crippen LogP) is 4.46. The fraction of sp³-hybridized carbons (Fsp3) is 0.750. The van der Waals surface area contributed by atoms with Crippen molar-refractivity contribution in [3.63, 3.8) is 0 Å². The van der Waals surface area contributed by atoms with Crippen molar-refractivity contribution < 1.29 is 0 Å². The second-order valence-corrected chi connectivity index (χ2v) is 8.28. The van der Waals surface area contributed by atoms with Crippen LogP contribution in [0.15, 0.2) is 14.7 Å². The van der Waals surface area contributed by atoms with Crippen LogP contribution >= 0.6 is 11.8 Å². The number of rotatable bonds is 13. The first-order valence-electron chi connectivity index (χ1n) is 10.4. The summed E-state index contributed by atoms with van der Waals surface area (Å²) >= 11 is 1.69. The minimum atomic E-state index is -0.407. The van der Waals surface area contributed by atoms with Gasteiger partial charge >= 0.3 is 5.69 Å². The van der Waals surface area contributed by atoms with Gasteiger partial charge in [-0.15, -0.1) is 0 Å². The highest BCUT2D eigenvalue weighted by Gasteiger charge is 2.17. The topological polar surface area (TPSA) is 72.7 Å². The molecule has 0 fully saturated rings. The zero-order chi connectivity index (χ0) is 19.6. The number of hydrogen-bond acceptors (Lipinski definition) is 4. The number of aromatic nitrogens is 4. The number of hydrogen-bond donors (Lipinski definition) is 1. The molecule has 0 radical (unpaired) electrons. The maximum Gasteiger partial charge on any atom is 0.329 e. The summed E-state index contributed by atoms with van der Waals surface area (Å²) in [5, 5.41) is 0.860. The monoisotopic (exact) mass is 394 g/mol. The smallest absolute Gasteiger partial charge is 0.313 e. The third kappa shape index (κ3) is 5.99. The molecule has 2 aromatic rings. The molecule has 27 heavy (non-hydrogen) atoms. The van der Waals surface area contributed by atoms with Crippen molar-refractivity contribution >= 4 is 22.9 Å². The van der Waals surface area contributed by atoms with Crippen molar-refractivity contribution in [2.24, 2.45) is 7.05 Å². The summed E-state index contributed by atoms with van der Waals surface area (Å²) in [7, 11) is 1.66. The summed E-state index contributed by atoms with van der Waals surface area (Å²) in [6, 6.07) is 0. The van der Waals surface area contributed by atoms with Gasteiger partial charge in [-0.3, -0.25) is 14.3 Å². The third-order valence-corrected chi connectivity index (χ3v) is 6.00. The van der Waals surface area contributed by atoms with Crippen molar-refractivity contribution in [1.82, 2.24) is 19.1 Å². The summed E-state index contributed by atoms with van der Waals surface area (Å²) < 4.78 is 3.46. The first-order valence-corrected chi connectivity index (χ1v) is 11.4. The van der Waals surface area contributed by atoms with Crippen LogP contribution in [0.3, 0.4) is 0 Å². The Morgan fingerprint density at radius 1 is 0.926 bits per heavy atom. The molecule has 2 heterocycles. The van der Waals surface area contributed by atoms with Gasteiger partial charge in [0.05, 0.1) is 0 Å². The lowest BCUT2D eigenvalue weighted by molar-refractivity contribution is 0.538. The lowest BCUT2D eigenvalue weighted by Gasteiger charge is -2.08. The lowest BCUT2D eigenvalue weighted by Crippen LogP contribution is -2.29. The van der Waals surface area contributed by atoms with Gasteiger partial charge in [-0.25, -0.2) is 9.78 Å². The summed E-state index contributed by atoms with van der Waals surface area (Å²) in [5.74, 6) is 0.986. The van der Waals surface area contributed by atoms with E-state index in [9.17, 15) is 9.59 Å². The van der Waals surface area contributed by atoms with Crippen molar-refractivity contribution in [3.05, 3.63) is 20.8 Å². The number of aromatic amines is 1. The van der Waals surface area contributed by atoms with Crippen LogP contribution in [0.2, 0.25) is 0 Å². The average Bonchev–Trinajstić information content (AvgIpc) is 3.02. The summed E-state index contributed by atoms with van der Waals surface area (Å²) in [5.41, 5.74) is 0.283. The van der Waals surface area contributed by atoms with E-state index in [-0.39, 0.29) is 5.56 Å². The predicted molar refractivity (Wildman–Crippen MR) is 114 cm³/mol. The highest BCUT2D eigenvalue weighted by atomic mass is 32.2. The van der Waals surface area contributed by atoms with Crippen LogP contribution in [-0.2, 0) is 13.6 Å². The van der Waals surface area contributed by atoms with Crippen molar-refractivity contribution in [3.8, 4) is 0 Å². The molecule has 6 nitrogen and oxygen atoms in total. The van der Waals surface area contributed by atoms with Crippen LogP contribution in [0, 0.1) is 0 Å². The van der Waals surface area contributed by atoms with Gasteiger partial charge in [0.2, 0.25) is 0 Å². The van der Waals surface area contributed by atoms with E-state index in [0.717, 1.165) is 36.7 Å². The van der Waals surface area contributed by atoms with Gasteiger partial charge in [-0.2, -0.15) is 0 Å². The molecule has 0 bridgehead atoms. The van der Waals surface area contributed by atoms with Gasteiger partial charge in [0.15, 0.2) is 16.3 Å². The number of fused-ring (bicyclic) bond motifs is 1. The van der Waals surface area contributed by atoms with E-state index >= 15 is 0 Å². The molecule has 0 unspecified atom stereocenters. The molecule has 0 saturated carbocycles. The van der Waals surface area contributed by atoms with Gasteiger partial charge in [0.25, 0.3) is 5.56 Å². The molecule has 2 rings (SSSR count). The van der Waals surface area contributed by atoms with E-state index < -0.39 is 5.69 Å². The van der Waals surface area contributed by atoms with E-state index in [2.05, 4.69) is 23.8 Å². The van der Waals surface area contributed by atoms with Gasteiger partial charge in [-0.1, -0.05) is 77.0 Å². The van der Waals surface area contributed by atoms with E-state index in [0.29, 0.717) is 11.2 Å². The number of thioether (sulfide) groups is 1. The van der Waals surface area contributed by atoms with Crippen molar-refractivity contribution in [2.75, 3.05) is 5.75 Å². The molecule has 0 aliphatic heterocycles. The molecule has 0 saturated heterocycles. The first kappa shape index (κ1) is 21.8. The van der Waals surface area contributed by atoms with Crippen LogP contribution in [0.4, 0.5) is 0 Å². The van der Waals surface area contributed by atoms with E-state index in [1.54, 1.807) is 18.8 Å². The second kappa shape index (κ2) is 11.4. The zero-order valence-electron chi connectivity index (χ0n) is 17.1. The van der Waals surface area contributed by atoms with Crippen LogP contribution in [0.1, 0.15) is 78.1 Å². The highest BCUT2D eigenvalue weighted by Crippen LogP contribution is 2.23. The Labute approximate surface area is 165 Å². The molecule has 152 valence electrons. The maximum absolute atomic E-state index is 12.4. The summed E-state index contributed by atoms with van der Waals surface area (Å²) in [6.45, 7) is 5.20. The molecule has 0 aromatic carbocycles. The Morgan fingerprint density at radius 3 is 2.26 bits per heavy atom. The van der Waals surface area contributed by atoms with Gasteiger partial charge < -0.3 is 4.57 Å². The number of aryl methyl sites for hydroxylation is 2. The number of H-pyrrole nitrogens is 1. The molecule has 1 N–H and O–H groups in total. The summed E-state index contributed by atoms with van der Waals surface area (Å²) in [4.78, 5) is 31.4. The minimum Gasteiger partial charge on any atom is -0.313 e. The van der Waals surface area contributed by atoms with Crippen LogP contribution < -0.4 is 11.2 Å². The Morgan fingerprint density at radius 2 is 1.56 bits per heavy atom. The molecular formula is C20H34N4O2S. The van der Waals surface area contributed by atoms with Crippen LogP contribution in [-0.4, -0.2) is 24.9 Å². The Bertz CT molecular complexity index is 822. The number of nitrogens with zero attached hydrogens (tertiary/aromatic N) is 3. The van der Waals surface area contributed by atoms with Crippen LogP contribution in [0.25, 0.3) is 11.2 Å². The Balaban J connectivity index is 2.13.